The number of benzene rings is 1. The number of unbranched alkanes of at least 4 members (excludes halogenated alkanes) is 3. The number of carbonyl (C=O) groups excluding carboxylic acids is 1. The molecule has 0 aliphatic rings. The number of imidazole rings is 1. The number of likely N-dealkylation sites (N-methyl/N-ethyl adjacent to an activating group) is 1. The van der Waals surface area contributed by atoms with Gasteiger partial charge in [0.1, 0.15) is 5.82 Å². The van der Waals surface area contributed by atoms with Gasteiger partial charge in [-0.15, -0.1) is 0 Å². The van der Waals surface area contributed by atoms with Gasteiger partial charge in [0.05, 0.1) is 11.0 Å². The van der Waals surface area contributed by atoms with Crippen molar-refractivity contribution in [1.82, 2.24) is 20.3 Å². The molecule has 0 saturated carbocycles. The first kappa shape index (κ1) is 21.9. The lowest BCUT2D eigenvalue weighted by Crippen LogP contribution is -2.16. The first-order valence-electron chi connectivity index (χ1n) is 10.1. The highest BCUT2D eigenvalue weighted by Gasteiger charge is 2.10. The van der Waals surface area contributed by atoms with Crippen LogP contribution in [0.3, 0.4) is 0 Å². The summed E-state index contributed by atoms with van der Waals surface area (Å²) < 4.78 is 2.27. The predicted octanol–water partition coefficient (Wildman–Crippen LogP) is 3.84. The summed E-state index contributed by atoms with van der Waals surface area (Å²) in [6.07, 6.45) is 14.4. The molecule has 0 fully saturated rings. The van der Waals surface area contributed by atoms with Crippen molar-refractivity contribution in [2.45, 2.75) is 52.0 Å². The van der Waals surface area contributed by atoms with Crippen LogP contribution in [0.1, 0.15) is 50.4 Å². The fraction of sp³-hybridized carbons (Fsp3) is 0.455. The number of nitrogens with zero attached hydrogens (tertiary/aromatic N) is 2. The summed E-state index contributed by atoms with van der Waals surface area (Å²) in [6.45, 7) is 3.97. The van der Waals surface area contributed by atoms with Gasteiger partial charge in [0, 0.05) is 25.6 Å². The van der Waals surface area contributed by atoms with Crippen molar-refractivity contribution in [3.8, 4) is 0 Å². The molecule has 0 radical (unpaired) electrons. The van der Waals surface area contributed by atoms with Crippen LogP contribution in [0.2, 0.25) is 0 Å². The molecule has 0 bridgehead atoms. The summed E-state index contributed by atoms with van der Waals surface area (Å²) in [5, 5.41) is 11.8. The van der Waals surface area contributed by atoms with Crippen molar-refractivity contribution in [2.75, 3.05) is 13.6 Å². The fourth-order valence-electron chi connectivity index (χ4n) is 3.13. The third kappa shape index (κ3) is 6.62. The Morgan fingerprint density at radius 3 is 2.82 bits per heavy atom. The zero-order valence-electron chi connectivity index (χ0n) is 16.9. The van der Waals surface area contributed by atoms with Crippen molar-refractivity contribution in [3.63, 3.8) is 0 Å². The quantitative estimate of drug-likeness (QED) is 0.171. The van der Waals surface area contributed by atoms with E-state index in [9.17, 15) is 4.79 Å². The van der Waals surface area contributed by atoms with E-state index >= 15 is 0 Å². The lowest BCUT2D eigenvalue weighted by atomic mass is 10.2. The van der Waals surface area contributed by atoms with Crippen LogP contribution in [0, 0.1) is 0 Å². The van der Waals surface area contributed by atoms with Crippen molar-refractivity contribution < 1.29 is 10.0 Å². The summed E-state index contributed by atoms with van der Waals surface area (Å²) in [5.74, 6) is 0.531. The van der Waals surface area contributed by atoms with Crippen LogP contribution in [-0.2, 0) is 17.8 Å². The Morgan fingerprint density at radius 1 is 1.25 bits per heavy atom. The molecule has 0 saturated heterocycles. The van der Waals surface area contributed by atoms with Gasteiger partial charge in [-0.25, -0.2) is 10.5 Å². The second kappa shape index (κ2) is 12.1. The van der Waals surface area contributed by atoms with Gasteiger partial charge in [-0.05, 0) is 50.1 Å². The van der Waals surface area contributed by atoms with E-state index in [0.29, 0.717) is 0 Å². The van der Waals surface area contributed by atoms with Gasteiger partial charge < -0.3 is 9.88 Å². The highest BCUT2D eigenvalue weighted by atomic mass is 16.5. The minimum atomic E-state index is -0.550. The molecule has 152 valence electrons. The van der Waals surface area contributed by atoms with E-state index in [0.717, 1.165) is 54.8 Å². The topological polar surface area (TPSA) is 79.2 Å². The average Bonchev–Trinajstić information content (AvgIpc) is 3.06. The highest BCUT2D eigenvalue weighted by molar-refractivity contribution is 5.91. The van der Waals surface area contributed by atoms with E-state index in [2.05, 4.69) is 29.0 Å². The van der Waals surface area contributed by atoms with E-state index < -0.39 is 5.91 Å². The number of nitrogens with one attached hydrogen (secondary N) is 2. The minimum absolute atomic E-state index is 0.550. The first-order chi connectivity index (χ1) is 13.7. The molecule has 1 aromatic carbocycles. The van der Waals surface area contributed by atoms with Crippen molar-refractivity contribution in [3.05, 3.63) is 47.8 Å². The summed E-state index contributed by atoms with van der Waals surface area (Å²) >= 11 is 0. The van der Waals surface area contributed by atoms with E-state index in [1.807, 2.05) is 25.2 Å². The number of hydrogen-bond donors (Lipinski definition) is 3. The molecule has 0 aliphatic heterocycles. The van der Waals surface area contributed by atoms with Gasteiger partial charge in [-0.1, -0.05) is 38.0 Å². The smallest absolute Gasteiger partial charge is 0.267 e. The Balaban J connectivity index is 2.13. The molecule has 6 heteroatoms. The third-order valence-electron chi connectivity index (χ3n) is 4.65. The zero-order chi connectivity index (χ0) is 20.2. The van der Waals surface area contributed by atoms with Crippen LogP contribution < -0.4 is 10.8 Å². The molecule has 1 amide bonds. The van der Waals surface area contributed by atoms with E-state index in [1.165, 1.54) is 25.3 Å². The molecule has 6 nitrogen and oxygen atoms in total. The summed E-state index contributed by atoms with van der Waals surface area (Å²) in [7, 11) is 1.95. The van der Waals surface area contributed by atoms with Crippen molar-refractivity contribution in [1.29, 1.82) is 0 Å². The Hall–Kier alpha value is -2.44. The van der Waals surface area contributed by atoms with Crippen molar-refractivity contribution in [2.24, 2.45) is 0 Å². The summed E-state index contributed by atoms with van der Waals surface area (Å²) in [5.41, 5.74) is 4.49. The predicted molar refractivity (Wildman–Crippen MR) is 114 cm³/mol. The molecule has 3 N–H and O–H groups in total. The molecular formula is C22H32N4O2. The molecule has 2 rings (SSSR count). The Kier molecular flexibility index (Phi) is 9.45. The van der Waals surface area contributed by atoms with Crippen LogP contribution in [0.15, 0.2) is 36.4 Å². The molecule has 28 heavy (non-hydrogen) atoms. The van der Waals surface area contributed by atoms with Crippen LogP contribution in [0.25, 0.3) is 17.1 Å². The molecule has 0 spiro atoms. The van der Waals surface area contributed by atoms with Gasteiger partial charge in [0.25, 0.3) is 5.91 Å². The molecule has 1 aromatic heterocycles. The number of fused-ring (bicyclic) bond motifs is 1. The Labute approximate surface area is 167 Å². The maximum absolute atomic E-state index is 11.2. The van der Waals surface area contributed by atoms with Gasteiger partial charge in [-0.3, -0.25) is 10.0 Å². The SMILES string of the molecule is CCCCCC=CCCc1nc2cc(C=CC(=O)NO)ccc2n1CCNC. The fourth-order valence-corrected chi connectivity index (χ4v) is 3.13. The molecule has 0 aliphatic carbocycles. The maximum atomic E-state index is 11.2. The molecule has 0 atom stereocenters. The molecular weight excluding hydrogens is 352 g/mol. The number of aryl methyl sites for hydroxylation is 1. The Bertz CT molecular complexity index is 808. The zero-order valence-corrected chi connectivity index (χ0v) is 16.9. The van der Waals surface area contributed by atoms with Crippen LogP contribution in [0.4, 0.5) is 0 Å². The third-order valence-corrected chi connectivity index (χ3v) is 4.65. The normalized spacial score (nSPS) is 11.8. The number of allylic oxidation sites excluding steroid dienone is 2. The minimum Gasteiger partial charge on any atom is -0.327 e. The first-order valence-corrected chi connectivity index (χ1v) is 10.1. The number of carbonyl (C=O) groups is 1. The van der Waals surface area contributed by atoms with Gasteiger partial charge in [0.15, 0.2) is 0 Å². The van der Waals surface area contributed by atoms with Gasteiger partial charge in [-0.2, -0.15) is 0 Å². The highest BCUT2D eigenvalue weighted by Crippen LogP contribution is 2.20. The maximum Gasteiger partial charge on any atom is 0.267 e. The Morgan fingerprint density at radius 2 is 2.07 bits per heavy atom. The van der Waals surface area contributed by atoms with E-state index in [4.69, 9.17) is 10.2 Å². The monoisotopic (exact) mass is 384 g/mol. The van der Waals surface area contributed by atoms with E-state index in [1.54, 1.807) is 11.6 Å². The number of aromatic nitrogens is 2. The number of amides is 1. The molecule has 2 aromatic rings. The van der Waals surface area contributed by atoms with Crippen LogP contribution in [0.5, 0.6) is 0 Å². The summed E-state index contributed by atoms with van der Waals surface area (Å²) in [4.78, 5) is 16.0. The standard InChI is InChI=1S/C22H32N4O2/c1-3-4-5-6-7-8-9-10-21-24-19-17-18(12-14-22(27)25-28)11-13-20(19)26(21)16-15-23-2/h7-8,11-14,17,23,28H,3-6,9-10,15-16H2,1-2H3,(H,25,27). The summed E-state index contributed by atoms with van der Waals surface area (Å²) in [6, 6.07) is 5.97. The lowest BCUT2D eigenvalue weighted by Gasteiger charge is -2.08. The molecule has 1 heterocycles. The van der Waals surface area contributed by atoms with Crippen LogP contribution in [-0.4, -0.2) is 34.3 Å². The lowest BCUT2D eigenvalue weighted by molar-refractivity contribution is -0.124. The number of rotatable bonds is 12. The number of hydroxylamine groups is 1. The van der Waals surface area contributed by atoms with Gasteiger partial charge >= 0.3 is 0 Å². The second-order valence-corrected chi connectivity index (χ2v) is 6.85. The molecule has 0 unspecified atom stereocenters. The average molecular weight is 385 g/mol. The van der Waals surface area contributed by atoms with E-state index in [-0.39, 0.29) is 0 Å². The van der Waals surface area contributed by atoms with Gasteiger partial charge in [0.2, 0.25) is 0 Å². The number of hydrogen-bond acceptors (Lipinski definition) is 4. The van der Waals surface area contributed by atoms with Crippen molar-refractivity contribution >= 4 is 23.0 Å². The largest absolute Gasteiger partial charge is 0.327 e. The second-order valence-electron chi connectivity index (χ2n) is 6.85. The van der Waals surface area contributed by atoms with Crippen LogP contribution >= 0.6 is 0 Å².